The van der Waals surface area contributed by atoms with E-state index >= 15 is 0 Å². The molecule has 0 N–H and O–H groups in total. The maximum atomic E-state index is 4.31. The summed E-state index contributed by atoms with van der Waals surface area (Å²) in [5.41, 5.74) is 4.36. The lowest BCUT2D eigenvalue weighted by atomic mass is 9.81. The second-order valence-corrected chi connectivity index (χ2v) is 9.09. The van der Waals surface area contributed by atoms with E-state index in [-0.39, 0.29) is 0 Å². The fraction of sp³-hybridized carbons (Fsp3) is 0.625. The minimum Gasteiger partial charge on any atom is -0.298 e. The standard InChI is InChI=1S/C24H38N2/c1-8-25-16-20(4)23-12-10-9-11-22(23)19(3)15-18(2)21-13-14-26(17-21)24(5,6)7/h8-12,16,18-19,21H,13-15,17H2,1-7H3/b20-16+,25-8-. The first kappa shape index (κ1) is 20.9. The van der Waals surface area contributed by atoms with Gasteiger partial charge in [-0.15, -0.1) is 0 Å². The van der Waals surface area contributed by atoms with Gasteiger partial charge in [0.25, 0.3) is 0 Å². The van der Waals surface area contributed by atoms with Crippen LogP contribution in [0.2, 0.25) is 0 Å². The van der Waals surface area contributed by atoms with Crippen LogP contribution in [0.15, 0.2) is 35.5 Å². The second-order valence-electron chi connectivity index (χ2n) is 9.09. The molecule has 1 fully saturated rings. The van der Waals surface area contributed by atoms with Crippen LogP contribution in [0.1, 0.15) is 78.4 Å². The summed E-state index contributed by atoms with van der Waals surface area (Å²) in [6.07, 6.45) is 6.42. The lowest BCUT2D eigenvalue weighted by Crippen LogP contribution is -2.39. The molecule has 1 aliphatic rings. The molecule has 1 aliphatic heterocycles. The van der Waals surface area contributed by atoms with E-state index in [9.17, 15) is 0 Å². The number of nitrogens with zero attached hydrogens (tertiary/aromatic N) is 2. The van der Waals surface area contributed by atoms with Gasteiger partial charge in [-0.25, -0.2) is 0 Å². The zero-order chi connectivity index (χ0) is 19.3. The number of likely N-dealkylation sites (tertiary alicyclic amines) is 1. The number of allylic oxidation sites excluding steroid dienone is 1. The van der Waals surface area contributed by atoms with E-state index < -0.39 is 0 Å². The molecule has 1 aromatic carbocycles. The molecule has 0 aromatic heterocycles. The van der Waals surface area contributed by atoms with Gasteiger partial charge in [0.2, 0.25) is 0 Å². The lowest BCUT2D eigenvalue weighted by Gasteiger charge is -2.32. The van der Waals surface area contributed by atoms with E-state index in [1.807, 2.05) is 19.3 Å². The largest absolute Gasteiger partial charge is 0.298 e. The Hall–Kier alpha value is -1.41. The van der Waals surface area contributed by atoms with E-state index in [0.29, 0.717) is 11.5 Å². The molecule has 1 heterocycles. The van der Waals surface area contributed by atoms with E-state index in [1.54, 1.807) is 0 Å². The Labute approximate surface area is 161 Å². The summed E-state index contributed by atoms with van der Waals surface area (Å²) < 4.78 is 0. The Morgan fingerprint density at radius 2 is 1.96 bits per heavy atom. The smallest absolute Gasteiger partial charge is 0.0299 e. The monoisotopic (exact) mass is 354 g/mol. The second kappa shape index (κ2) is 8.99. The van der Waals surface area contributed by atoms with Crippen molar-refractivity contribution in [3.8, 4) is 0 Å². The highest BCUT2D eigenvalue weighted by Gasteiger charge is 2.33. The molecule has 1 saturated heterocycles. The summed E-state index contributed by atoms with van der Waals surface area (Å²) in [5.74, 6) is 2.15. The summed E-state index contributed by atoms with van der Waals surface area (Å²) in [5, 5.41) is 0. The van der Waals surface area contributed by atoms with Crippen LogP contribution in [0.3, 0.4) is 0 Å². The molecule has 3 unspecified atom stereocenters. The third-order valence-corrected chi connectivity index (χ3v) is 6.04. The predicted molar refractivity (Wildman–Crippen MR) is 116 cm³/mol. The van der Waals surface area contributed by atoms with Gasteiger partial charge >= 0.3 is 0 Å². The van der Waals surface area contributed by atoms with E-state index in [1.165, 1.54) is 42.6 Å². The van der Waals surface area contributed by atoms with Crippen molar-refractivity contribution in [2.75, 3.05) is 13.1 Å². The van der Waals surface area contributed by atoms with Crippen LogP contribution in [0.25, 0.3) is 5.57 Å². The van der Waals surface area contributed by atoms with Crippen LogP contribution in [0, 0.1) is 11.8 Å². The summed E-state index contributed by atoms with van der Waals surface area (Å²) in [4.78, 5) is 6.97. The number of hydrogen-bond acceptors (Lipinski definition) is 2. The van der Waals surface area contributed by atoms with Gasteiger partial charge in [0, 0.05) is 24.5 Å². The van der Waals surface area contributed by atoms with Gasteiger partial charge in [-0.1, -0.05) is 38.1 Å². The van der Waals surface area contributed by atoms with Crippen LogP contribution in [-0.2, 0) is 0 Å². The summed E-state index contributed by atoms with van der Waals surface area (Å²) in [6, 6.07) is 8.85. The Morgan fingerprint density at radius 1 is 1.27 bits per heavy atom. The van der Waals surface area contributed by atoms with Crippen molar-refractivity contribution < 1.29 is 0 Å². The SMILES string of the molecule is C/C=N\C=C(/C)c1ccccc1C(C)CC(C)C1CCN(C(C)(C)C)C1. The molecular weight excluding hydrogens is 316 g/mol. The quantitative estimate of drug-likeness (QED) is 0.541. The molecule has 2 heteroatoms. The van der Waals surface area contributed by atoms with Crippen LogP contribution in [0.4, 0.5) is 0 Å². The molecule has 0 saturated carbocycles. The van der Waals surface area contributed by atoms with E-state index in [0.717, 1.165) is 11.8 Å². The molecule has 2 nitrogen and oxygen atoms in total. The topological polar surface area (TPSA) is 15.6 Å². The van der Waals surface area contributed by atoms with Crippen LogP contribution in [0.5, 0.6) is 0 Å². The van der Waals surface area contributed by atoms with Gasteiger partial charge in [-0.05, 0) is 88.5 Å². The molecule has 0 aliphatic carbocycles. The van der Waals surface area contributed by atoms with Gasteiger partial charge in [-0.3, -0.25) is 9.89 Å². The minimum absolute atomic E-state index is 0.300. The minimum atomic E-state index is 0.300. The molecule has 0 spiro atoms. The highest BCUT2D eigenvalue weighted by Crippen LogP contribution is 2.36. The van der Waals surface area contributed by atoms with Gasteiger partial charge in [0.15, 0.2) is 0 Å². The van der Waals surface area contributed by atoms with Gasteiger partial charge in [-0.2, -0.15) is 0 Å². The van der Waals surface area contributed by atoms with Crippen molar-refractivity contribution in [3.05, 3.63) is 41.6 Å². The van der Waals surface area contributed by atoms with Crippen LogP contribution in [-0.4, -0.2) is 29.7 Å². The molecule has 2 rings (SSSR count). The van der Waals surface area contributed by atoms with Gasteiger partial charge < -0.3 is 0 Å². The molecular formula is C24H38N2. The van der Waals surface area contributed by atoms with Crippen molar-refractivity contribution in [2.24, 2.45) is 16.8 Å². The third-order valence-electron chi connectivity index (χ3n) is 6.04. The Morgan fingerprint density at radius 3 is 2.58 bits per heavy atom. The highest BCUT2D eigenvalue weighted by atomic mass is 15.2. The first-order valence-electron chi connectivity index (χ1n) is 10.2. The number of aliphatic imine (C=N–C) groups is 1. The summed E-state index contributed by atoms with van der Waals surface area (Å²) in [7, 11) is 0. The van der Waals surface area contributed by atoms with E-state index in [4.69, 9.17) is 0 Å². The fourth-order valence-electron chi connectivity index (χ4n) is 4.28. The normalized spacial score (nSPS) is 22.1. The molecule has 144 valence electrons. The highest BCUT2D eigenvalue weighted by molar-refractivity contribution is 5.68. The van der Waals surface area contributed by atoms with Crippen molar-refractivity contribution in [1.82, 2.24) is 4.90 Å². The number of hydrogen-bond donors (Lipinski definition) is 0. The Kier molecular flexibility index (Phi) is 7.23. The van der Waals surface area contributed by atoms with Gasteiger partial charge in [0.1, 0.15) is 0 Å². The number of rotatable bonds is 6. The average molecular weight is 355 g/mol. The van der Waals surface area contributed by atoms with Crippen LogP contribution < -0.4 is 0 Å². The van der Waals surface area contributed by atoms with Crippen molar-refractivity contribution in [2.45, 2.75) is 72.8 Å². The van der Waals surface area contributed by atoms with Crippen molar-refractivity contribution in [1.29, 1.82) is 0 Å². The van der Waals surface area contributed by atoms with Crippen LogP contribution >= 0.6 is 0 Å². The Bertz CT molecular complexity index is 636. The van der Waals surface area contributed by atoms with Crippen molar-refractivity contribution in [3.63, 3.8) is 0 Å². The number of benzene rings is 1. The maximum absolute atomic E-state index is 4.31. The first-order valence-corrected chi connectivity index (χ1v) is 10.2. The molecule has 26 heavy (non-hydrogen) atoms. The molecule has 0 bridgehead atoms. The summed E-state index contributed by atoms with van der Waals surface area (Å²) >= 11 is 0. The lowest BCUT2D eigenvalue weighted by molar-refractivity contribution is 0.160. The van der Waals surface area contributed by atoms with E-state index in [2.05, 4.69) is 75.7 Å². The molecule has 0 amide bonds. The molecule has 3 atom stereocenters. The summed E-state index contributed by atoms with van der Waals surface area (Å²) in [6.45, 7) is 18.5. The predicted octanol–water partition coefficient (Wildman–Crippen LogP) is 6.39. The average Bonchev–Trinajstić information content (AvgIpc) is 3.10. The molecule has 1 aromatic rings. The van der Waals surface area contributed by atoms with Crippen molar-refractivity contribution >= 4 is 11.8 Å². The zero-order valence-electron chi connectivity index (χ0n) is 17.9. The molecule has 0 radical (unpaired) electrons. The zero-order valence-corrected chi connectivity index (χ0v) is 17.9. The third kappa shape index (κ3) is 5.30. The Balaban J connectivity index is 2.07. The fourth-order valence-corrected chi connectivity index (χ4v) is 4.28. The first-order chi connectivity index (χ1) is 12.2. The maximum Gasteiger partial charge on any atom is 0.0299 e. The van der Waals surface area contributed by atoms with Gasteiger partial charge in [0.05, 0.1) is 0 Å².